The Bertz CT molecular complexity index is 990. The predicted octanol–water partition coefficient (Wildman–Crippen LogP) is 2.74. The SMILES string of the molecule is Cc1ccc(S(=O)(=O)O[C@H]2CC(C)(C)C[C@]3(O)Cc4cocc4C[C@]23O)cc1. The molecule has 28 heavy (non-hydrogen) atoms. The minimum absolute atomic E-state index is 0.0356. The van der Waals surface area contributed by atoms with Crippen LogP contribution in [0.2, 0.25) is 0 Å². The van der Waals surface area contributed by atoms with Crippen molar-refractivity contribution in [2.24, 2.45) is 5.41 Å². The molecule has 0 amide bonds. The summed E-state index contributed by atoms with van der Waals surface area (Å²) in [6, 6.07) is 6.38. The highest BCUT2D eigenvalue weighted by atomic mass is 32.2. The molecule has 3 atom stereocenters. The lowest BCUT2D eigenvalue weighted by atomic mass is 9.55. The molecule has 0 radical (unpaired) electrons. The van der Waals surface area contributed by atoms with E-state index in [9.17, 15) is 18.6 Å². The zero-order valence-electron chi connectivity index (χ0n) is 16.3. The van der Waals surface area contributed by atoms with E-state index in [0.717, 1.165) is 16.7 Å². The van der Waals surface area contributed by atoms with Gasteiger partial charge in [0.05, 0.1) is 17.4 Å². The molecule has 1 aromatic heterocycles. The minimum atomic E-state index is -4.10. The first-order valence-electron chi connectivity index (χ1n) is 9.43. The van der Waals surface area contributed by atoms with Gasteiger partial charge in [-0.2, -0.15) is 8.42 Å². The van der Waals surface area contributed by atoms with Crippen molar-refractivity contribution in [3.8, 4) is 0 Å². The lowest BCUT2D eigenvalue weighted by Crippen LogP contribution is -2.70. The van der Waals surface area contributed by atoms with Gasteiger partial charge in [0.15, 0.2) is 0 Å². The highest BCUT2D eigenvalue weighted by Gasteiger charge is 2.63. The Morgan fingerprint density at radius 2 is 1.68 bits per heavy atom. The summed E-state index contributed by atoms with van der Waals surface area (Å²) in [5, 5.41) is 23.0. The second-order valence-electron chi connectivity index (χ2n) is 9.13. The quantitative estimate of drug-likeness (QED) is 0.761. The molecule has 0 bridgehead atoms. The summed E-state index contributed by atoms with van der Waals surface area (Å²) in [4.78, 5) is 0.0356. The highest BCUT2D eigenvalue weighted by Crippen LogP contribution is 2.53. The van der Waals surface area contributed by atoms with E-state index in [-0.39, 0.29) is 17.7 Å². The molecule has 2 aliphatic carbocycles. The van der Waals surface area contributed by atoms with Crippen molar-refractivity contribution >= 4 is 10.1 Å². The topological polar surface area (TPSA) is 97.0 Å². The predicted molar refractivity (Wildman–Crippen MR) is 102 cm³/mol. The Labute approximate surface area is 165 Å². The van der Waals surface area contributed by atoms with Gasteiger partial charge >= 0.3 is 0 Å². The molecule has 0 saturated heterocycles. The average molecular weight is 407 g/mol. The number of hydrogen-bond donors (Lipinski definition) is 2. The summed E-state index contributed by atoms with van der Waals surface area (Å²) in [6.07, 6.45) is 2.97. The first kappa shape index (κ1) is 19.6. The van der Waals surface area contributed by atoms with Gasteiger partial charge in [-0.15, -0.1) is 0 Å². The fourth-order valence-corrected chi connectivity index (χ4v) is 5.89. The van der Waals surface area contributed by atoms with Crippen LogP contribution in [0.5, 0.6) is 0 Å². The van der Waals surface area contributed by atoms with E-state index in [0.29, 0.717) is 12.8 Å². The lowest BCUT2D eigenvalue weighted by molar-refractivity contribution is -0.241. The van der Waals surface area contributed by atoms with Gasteiger partial charge in [-0.05, 0) is 48.4 Å². The first-order chi connectivity index (χ1) is 12.9. The molecule has 1 saturated carbocycles. The zero-order chi connectivity index (χ0) is 20.4. The van der Waals surface area contributed by atoms with Crippen LogP contribution in [0.15, 0.2) is 46.1 Å². The number of rotatable bonds is 3. The number of aryl methyl sites for hydroxylation is 1. The molecular formula is C21H26O6S. The average Bonchev–Trinajstić information content (AvgIpc) is 2.99. The molecule has 6 nitrogen and oxygen atoms in total. The van der Waals surface area contributed by atoms with Crippen LogP contribution in [-0.4, -0.2) is 35.9 Å². The summed E-state index contributed by atoms with van der Waals surface area (Å²) in [5.74, 6) is 0. The van der Waals surface area contributed by atoms with Crippen LogP contribution in [-0.2, 0) is 27.1 Å². The van der Waals surface area contributed by atoms with Gasteiger partial charge in [0.25, 0.3) is 10.1 Å². The maximum Gasteiger partial charge on any atom is 0.297 e. The summed E-state index contributed by atoms with van der Waals surface area (Å²) in [6.45, 7) is 5.77. The van der Waals surface area contributed by atoms with Crippen molar-refractivity contribution in [1.82, 2.24) is 0 Å². The summed E-state index contributed by atoms with van der Waals surface area (Å²) in [7, 11) is -4.10. The van der Waals surface area contributed by atoms with Crippen molar-refractivity contribution in [2.75, 3.05) is 0 Å². The van der Waals surface area contributed by atoms with Gasteiger partial charge in [0.1, 0.15) is 17.3 Å². The van der Waals surface area contributed by atoms with E-state index in [1.54, 1.807) is 18.4 Å². The van der Waals surface area contributed by atoms with E-state index in [1.807, 2.05) is 20.8 Å². The smallest absolute Gasteiger partial charge is 0.297 e. The Morgan fingerprint density at radius 3 is 2.32 bits per heavy atom. The van der Waals surface area contributed by atoms with E-state index < -0.39 is 32.8 Å². The zero-order valence-corrected chi connectivity index (χ0v) is 17.1. The Morgan fingerprint density at radius 1 is 1.07 bits per heavy atom. The number of aliphatic hydroxyl groups is 2. The van der Waals surface area contributed by atoms with Gasteiger partial charge in [-0.1, -0.05) is 31.5 Å². The maximum atomic E-state index is 12.9. The van der Waals surface area contributed by atoms with Crippen LogP contribution >= 0.6 is 0 Å². The monoisotopic (exact) mass is 406 g/mol. The molecule has 1 aromatic carbocycles. The Balaban J connectivity index is 1.74. The molecule has 0 spiro atoms. The molecule has 1 heterocycles. The van der Waals surface area contributed by atoms with Crippen LogP contribution in [0.4, 0.5) is 0 Å². The summed E-state index contributed by atoms with van der Waals surface area (Å²) < 4.78 is 36.7. The van der Waals surface area contributed by atoms with Crippen LogP contribution in [0.25, 0.3) is 0 Å². The number of furan rings is 1. The molecule has 2 aromatic rings. The standard InChI is InChI=1S/C21H26O6S/c1-14-4-6-17(7-5-14)28(24,25)27-18-10-19(2,3)13-20(22)8-15-11-26-12-16(15)9-21(18,20)23/h4-7,11-12,18,22-23H,8-10,13H2,1-3H3/t18-,20+,21-/m0/s1. The number of fused-ring (bicyclic) bond motifs is 2. The molecule has 1 fully saturated rings. The highest BCUT2D eigenvalue weighted by molar-refractivity contribution is 7.86. The molecule has 2 N–H and O–H groups in total. The maximum absolute atomic E-state index is 12.9. The fourth-order valence-electron chi connectivity index (χ4n) is 4.77. The van der Waals surface area contributed by atoms with Crippen LogP contribution in [0, 0.1) is 12.3 Å². The number of benzene rings is 1. The van der Waals surface area contributed by atoms with Crippen molar-refractivity contribution in [3.05, 3.63) is 53.5 Å². The third kappa shape index (κ3) is 3.10. The van der Waals surface area contributed by atoms with Gasteiger partial charge in [0.2, 0.25) is 0 Å². The molecule has 152 valence electrons. The summed E-state index contributed by atoms with van der Waals surface area (Å²) in [5.41, 5.74) is -1.09. The van der Waals surface area contributed by atoms with Crippen molar-refractivity contribution in [1.29, 1.82) is 0 Å². The molecule has 0 aliphatic heterocycles. The minimum Gasteiger partial charge on any atom is -0.472 e. The van der Waals surface area contributed by atoms with Gasteiger partial charge in [-0.25, -0.2) is 0 Å². The molecule has 4 rings (SSSR count). The van der Waals surface area contributed by atoms with E-state index in [4.69, 9.17) is 8.60 Å². The van der Waals surface area contributed by atoms with Crippen molar-refractivity contribution < 1.29 is 27.2 Å². The third-order valence-corrected chi connectivity index (χ3v) is 7.51. The van der Waals surface area contributed by atoms with Gasteiger partial charge in [-0.3, -0.25) is 4.18 Å². The molecule has 0 unspecified atom stereocenters. The van der Waals surface area contributed by atoms with Crippen molar-refractivity contribution in [3.63, 3.8) is 0 Å². The fraction of sp³-hybridized carbons (Fsp3) is 0.524. The molecule has 2 aliphatic rings. The Kier molecular flexibility index (Phi) is 4.32. The van der Waals surface area contributed by atoms with E-state index in [2.05, 4.69) is 0 Å². The Hall–Kier alpha value is -1.67. The van der Waals surface area contributed by atoms with Crippen LogP contribution in [0.1, 0.15) is 43.4 Å². The van der Waals surface area contributed by atoms with Crippen molar-refractivity contribution in [2.45, 2.75) is 68.7 Å². The molecule has 7 heteroatoms. The van der Waals surface area contributed by atoms with Gasteiger partial charge in [0, 0.05) is 12.8 Å². The second kappa shape index (κ2) is 6.16. The normalized spacial score (nSPS) is 31.8. The van der Waals surface area contributed by atoms with E-state index >= 15 is 0 Å². The summed E-state index contributed by atoms with van der Waals surface area (Å²) >= 11 is 0. The van der Waals surface area contributed by atoms with Crippen LogP contribution < -0.4 is 0 Å². The van der Waals surface area contributed by atoms with E-state index in [1.165, 1.54) is 18.4 Å². The largest absolute Gasteiger partial charge is 0.472 e. The van der Waals surface area contributed by atoms with Crippen LogP contribution in [0.3, 0.4) is 0 Å². The lowest BCUT2D eigenvalue weighted by Gasteiger charge is -2.57. The van der Waals surface area contributed by atoms with Gasteiger partial charge < -0.3 is 14.6 Å². The third-order valence-electron chi connectivity index (χ3n) is 6.18. The first-order valence-corrected chi connectivity index (χ1v) is 10.8. The second-order valence-corrected chi connectivity index (χ2v) is 10.7. The number of hydrogen-bond acceptors (Lipinski definition) is 6. The molecular weight excluding hydrogens is 380 g/mol.